The lowest BCUT2D eigenvalue weighted by Crippen LogP contribution is -2.27. The zero-order chi connectivity index (χ0) is 15.8. The molecule has 0 amide bonds. The number of ether oxygens (including phenoxy) is 1. The van der Waals surface area contributed by atoms with Gasteiger partial charge in [0.05, 0.1) is 24.6 Å². The quantitative estimate of drug-likeness (QED) is 0.689. The fraction of sp³-hybridized carbons (Fsp3) is 0.471. The van der Waals surface area contributed by atoms with Crippen LogP contribution in [0, 0.1) is 6.92 Å². The number of aromatic nitrogens is 3. The van der Waals surface area contributed by atoms with E-state index in [1.54, 1.807) is 11.8 Å². The van der Waals surface area contributed by atoms with Crippen molar-refractivity contribution < 1.29 is 4.74 Å². The molecule has 2 aromatic rings. The number of hydrogen-bond donors (Lipinski definition) is 1. The van der Waals surface area contributed by atoms with E-state index in [4.69, 9.17) is 4.74 Å². The highest BCUT2D eigenvalue weighted by molar-refractivity contribution is 7.98. The number of nitrogens with zero attached hydrogens (tertiary/aromatic N) is 2. The average molecular weight is 329 g/mol. The molecule has 0 aromatic carbocycles. The number of H-pyrrole nitrogens is 1. The molecular weight excluding hydrogens is 310 g/mol. The van der Waals surface area contributed by atoms with Crippen LogP contribution in [-0.2, 0) is 23.3 Å². The fourth-order valence-electron chi connectivity index (χ4n) is 3.17. The molecule has 0 radical (unpaired) electrons. The van der Waals surface area contributed by atoms with Gasteiger partial charge in [0.2, 0.25) is 0 Å². The summed E-state index contributed by atoms with van der Waals surface area (Å²) in [5.74, 6) is 1.17. The SMILES string of the molecule is Cc1ccnc(C2COC2)c1CSc1nc2c(c(=O)[nH]1)CCC2. The number of rotatable bonds is 4. The lowest BCUT2D eigenvalue weighted by atomic mass is 9.97. The highest BCUT2D eigenvalue weighted by Crippen LogP contribution is 2.31. The van der Waals surface area contributed by atoms with Gasteiger partial charge in [-0.05, 0) is 43.4 Å². The van der Waals surface area contributed by atoms with Crippen molar-refractivity contribution in [3.8, 4) is 0 Å². The van der Waals surface area contributed by atoms with E-state index in [1.807, 2.05) is 12.3 Å². The molecule has 2 aliphatic rings. The van der Waals surface area contributed by atoms with Crippen molar-refractivity contribution in [1.29, 1.82) is 0 Å². The molecule has 1 fully saturated rings. The summed E-state index contributed by atoms with van der Waals surface area (Å²) in [5.41, 5.74) is 5.50. The largest absolute Gasteiger partial charge is 0.380 e. The first-order valence-electron chi connectivity index (χ1n) is 7.99. The van der Waals surface area contributed by atoms with E-state index in [1.165, 1.54) is 11.1 Å². The van der Waals surface area contributed by atoms with Gasteiger partial charge in [0.15, 0.2) is 5.16 Å². The third-order valence-corrected chi connectivity index (χ3v) is 5.52. The zero-order valence-corrected chi connectivity index (χ0v) is 13.9. The third kappa shape index (κ3) is 2.81. The molecule has 0 spiro atoms. The summed E-state index contributed by atoms with van der Waals surface area (Å²) in [7, 11) is 0. The Labute approximate surface area is 138 Å². The van der Waals surface area contributed by atoms with Crippen LogP contribution in [0.25, 0.3) is 0 Å². The Morgan fingerprint density at radius 2 is 2.26 bits per heavy atom. The first-order valence-corrected chi connectivity index (χ1v) is 8.98. The minimum absolute atomic E-state index is 0.0329. The Hall–Kier alpha value is -1.66. The molecule has 6 heteroatoms. The summed E-state index contributed by atoms with van der Waals surface area (Å²) < 4.78 is 5.31. The van der Waals surface area contributed by atoms with Gasteiger partial charge in [0, 0.05) is 23.4 Å². The summed E-state index contributed by atoms with van der Waals surface area (Å²) in [4.78, 5) is 24.2. The van der Waals surface area contributed by atoms with Crippen LogP contribution in [0.15, 0.2) is 22.2 Å². The van der Waals surface area contributed by atoms with Crippen molar-refractivity contribution >= 4 is 11.8 Å². The van der Waals surface area contributed by atoms with Crippen molar-refractivity contribution in [2.75, 3.05) is 13.2 Å². The van der Waals surface area contributed by atoms with Crippen LogP contribution in [0.3, 0.4) is 0 Å². The summed E-state index contributed by atoms with van der Waals surface area (Å²) in [5, 5.41) is 0.717. The van der Waals surface area contributed by atoms with Crippen LogP contribution in [0.1, 0.15) is 40.4 Å². The fourth-order valence-corrected chi connectivity index (χ4v) is 4.17. The summed E-state index contributed by atoms with van der Waals surface area (Å²) >= 11 is 1.59. The molecule has 1 saturated heterocycles. The van der Waals surface area contributed by atoms with E-state index in [2.05, 4.69) is 21.9 Å². The van der Waals surface area contributed by atoms with Gasteiger partial charge in [-0.25, -0.2) is 4.98 Å². The molecular formula is C17H19N3O2S. The van der Waals surface area contributed by atoms with E-state index < -0.39 is 0 Å². The Balaban J connectivity index is 1.58. The molecule has 1 aliphatic heterocycles. The van der Waals surface area contributed by atoms with Crippen LogP contribution in [0.5, 0.6) is 0 Å². The second kappa shape index (κ2) is 6.09. The molecule has 0 unspecified atom stereocenters. The van der Waals surface area contributed by atoms with Gasteiger partial charge < -0.3 is 9.72 Å². The average Bonchev–Trinajstić information content (AvgIpc) is 2.94. The van der Waals surface area contributed by atoms with E-state index in [0.29, 0.717) is 5.92 Å². The second-order valence-electron chi connectivity index (χ2n) is 6.16. The predicted molar refractivity (Wildman–Crippen MR) is 89.0 cm³/mol. The van der Waals surface area contributed by atoms with E-state index in [9.17, 15) is 4.79 Å². The normalized spacial score (nSPS) is 17.1. The number of hydrogen-bond acceptors (Lipinski definition) is 5. The monoisotopic (exact) mass is 329 g/mol. The van der Waals surface area contributed by atoms with E-state index in [0.717, 1.165) is 60.3 Å². The highest BCUT2D eigenvalue weighted by atomic mass is 32.2. The zero-order valence-electron chi connectivity index (χ0n) is 13.1. The third-order valence-electron chi connectivity index (χ3n) is 4.62. The van der Waals surface area contributed by atoms with Crippen molar-refractivity contribution in [3.63, 3.8) is 0 Å². The Bertz CT molecular complexity index is 799. The first-order chi connectivity index (χ1) is 11.2. The van der Waals surface area contributed by atoms with Gasteiger partial charge in [-0.1, -0.05) is 11.8 Å². The number of thioether (sulfide) groups is 1. The molecule has 0 atom stereocenters. The van der Waals surface area contributed by atoms with Crippen LogP contribution in [-0.4, -0.2) is 28.2 Å². The molecule has 1 aliphatic carbocycles. The van der Waals surface area contributed by atoms with Crippen LogP contribution >= 0.6 is 11.8 Å². The maximum absolute atomic E-state index is 12.1. The number of pyridine rings is 1. The Morgan fingerprint density at radius 1 is 1.39 bits per heavy atom. The van der Waals surface area contributed by atoms with Crippen molar-refractivity contribution in [2.45, 2.75) is 43.0 Å². The summed E-state index contributed by atoms with van der Waals surface area (Å²) in [6.45, 7) is 3.61. The molecule has 3 heterocycles. The van der Waals surface area contributed by atoms with Crippen molar-refractivity contribution in [3.05, 3.63) is 50.7 Å². The smallest absolute Gasteiger partial charge is 0.254 e. The topological polar surface area (TPSA) is 67.9 Å². The molecule has 4 rings (SSSR count). The highest BCUT2D eigenvalue weighted by Gasteiger charge is 2.25. The van der Waals surface area contributed by atoms with Gasteiger partial charge in [-0.2, -0.15) is 0 Å². The molecule has 0 bridgehead atoms. The maximum atomic E-state index is 12.1. The maximum Gasteiger partial charge on any atom is 0.254 e. The Morgan fingerprint density at radius 3 is 3.04 bits per heavy atom. The van der Waals surface area contributed by atoms with Crippen LogP contribution < -0.4 is 5.56 Å². The molecule has 23 heavy (non-hydrogen) atoms. The lowest BCUT2D eigenvalue weighted by Gasteiger charge is -2.27. The number of aryl methyl sites for hydroxylation is 2. The molecule has 1 N–H and O–H groups in total. The van der Waals surface area contributed by atoms with Crippen LogP contribution in [0.4, 0.5) is 0 Å². The minimum atomic E-state index is 0.0329. The van der Waals surface area contributed by atoms with E-state index >= 15 is 0 Å². The summed E-state index contributed by atoms with van der Waals surface area (Å²) in [6, 6.07) is 2.04. The lowest BCUT2D eigenvalue weighted by molar-refractivity contribution is 0.00639. The molecule has 120 valence electrons. The Kier molecular flexibility index (Phi) is 3.95. The summed E-state index contributed by atoms with van der Waals surface area (Å²) in [6.07, 6.45) is 4.68. The van der Waals surface area contributed by atoms with Crippen LogP contribution in [0.2, 0.25) is 0 Å². The van der Waals surface area contributed by atoms with Gasteiger partial charge in [-0.3, -0.25) is 9.78 Å². The first kappa shape index (κ1) is 14.9. The predicted octanol–water partition coefficient (Wildman–Crippen LogP) is 2.37. The molecule has 2 aromatic heterocycles. The van der Waals surface area contributed by atoms with Gasteiger partial charge in [0.1, 0.15) is 0 Å². The number of nitrogens with one attached hydrogen (secondary N) is 1. The van der Waals surface area contributed by atoms with Gasteiger partial charge in [-0.15, -0.1) is 0 Å². The number of aromatic amines is 1. The standard InChI is InChI=1S/C17H19N3O2S/c1-10-5-6-18-15(11-7-22-8-11)13(10)9-23-17-19-14-4-2-3-12(14)16(21)20-17/h5-6,11H,2-4,7-9H2,1H3,(H,19,20,21). The molecule has 0 saturated carbocycles. The molecule has 5 nitrogen and oxygen atoms in total. The minimum Gasteiger partial charge on any atom is -0.380 e. The van der Waals surface area contributed by atoms with Gasteiger partial charge in [0.25, 0.3) is 5.56 Å². The van der Waals surface area contributed by atoms with Gasteiger partial charge >= 0.3 is 0 Å². The second-order valence-corrected chi connectivity index (χ2v) is 7.13. The van der Waals surface area contributed by atoms with Crippen molar-refractivity contribution in [1.82, 2.24) is 15.0 Å². The number of fused-ring (bicyclic) bond motifs is 1. The van der Waals surface area contributed by atoms with Crippen molar-refractivity contribution in [2.24, 2.45) is 0 Å². The van der Waals surface area contributed by atoms with E-state index in [-0.39, 0.29) is 5.56 Å².